The second-order valence-electron chi connectivity index (χ2n) is 4.56. The van der Waals surface area contributed by atoms with Crippen molar-refractivity contribution >= 4 is 0 Å². The van der Waals surface area contributed by atoms with E-state index in [0.29, 0.717) is 5.92 Å². The molecule has 0 fully saturated rings. The first-order chi connectivity index (χ1) is 8.65. The van der Waals surface area contributed by atoms with Crippen LogP contribution in [0.2, 0.25) is 0 Å². The molecule has 18 heavy (non-hydrogen) atoms. The van der Waals surface area contributed by atoms with E-state index < -0.39 is 0 Å². The molecule has 0 spiro atoms. The SMILES string of the molecule is CCCC(C)C(NN)c1cc(OC)cc(OC)c1. The van der Waals surface area contributed by atoms with E-state index in [0.717, 1.165) is 29.9 Å². The average Bonchev–Trinajstić information content (AvgIpc) is 2.39. The summed E-state index contributed by atoms with van der Waals surface area (Å²) in [4.78, 5) is 0. The lowest BCUT2D eigenvalue weighted by Gasteiger charge is -2.24. The van der Waals surface area contributed by atoms with Gasteiger partial charge in [0.25, 0.3) is 0 Å². The normalized spacial score (nSPS) is 14.1. The zero-order chi connectivity index (χ0) is 13.5. The highest BCUT2D eigenvalue weighted by Gasteiger charge is 2.18. The largest absolute Gasteiger partial charge is 0.497 e. The maximum Gasteiger partial charge on any atom is 0.122 e. The number of hydrazine groups is 1. The molecule has 0 saturated heterocycles. The van der Waals surface area contributed by atoms with Gasteiger partial charge >= 0.3 is 0 Å². The maximum atomic E-state index is 5.69. The fraction of sp³-hybridized carbons (Fsp3) is 0.571. The Bertz CT molecular complexity index is 347. The number of nitrogens with two attached hydrogens (primary N) is 1. The predicted octanol–water partition coefficient (Wildman–Crippen LogP) is 2.64. The fourth-order valence-electron chi connectivity index (χ4n) is 2.22. The zero-order valence-electron chi connectivity index (χ0n) is 11.7. The van der Waals surface area contributed by atoms with Crippen LogP contribution in [0, 0.1) is 5.92 Å². The summed E-state index contributed by atoms with van der Waals surface area (Å²) in [6, 6.07) is 5.97. The Hall–Kier alpha value is -1.26. The van der Waals surface area contributed by atoms with Gasteiger partial charge in [-0.1, -0.05) is 20.3 Å². The first-order valence-corrected chi connectivity index (χ1v) is 6.35. The number of methoxy groups -OCH3 is 2. The van der Waals surface area contributed by atoms with Crippen molar-refractivity contribution in [3.8, 4) is 11.5 Å². The third kappa shape index (κ3) is 3.62. The highest BCUT2D eigenvalue weighted by atomic mass is 16.5. The van der Waals surface area contributed by atoms with Crippen LogP contribution in [0.5, 0.6) is 11.5 Å². The van der Waals surface area contributed by atoms with Crippen molar-refractivity contribution in [3.63, 3.8) is 0 Å². The molecule has 0 radical (unpaired) electrons. The standard InChI is InChI=1S/C14H24N2O2/c1-5-6-10(2)14(16-15)11-7-12(17-3)9-13(8-11)18-4/h7-10,14,16H,5-6,15H2,1-4H3. The second kappa shape index (κ2) is 7.24. The molecular formula is C14H24N2O2. The summed E-state index contributed by atoms with van der Waals surface area (Å²) in [5.41, 5.74) is 3.99. The summed E-state index contributed by atoms with van der Waals surface area (Å²) < 4.78 is 10.6. The highest BCUT2D eigenvalue weighted by molar-refractivity contribution is 5.40. The molecule has 0 aliphatic rings. The Morgan fingerprint density at radius 3 is 2.11 bits per heavy atom. The zero-order valence-corrected chi connectivity index (χ0v) is 11.7. The number of nitrogens with one attached hydrogen (secondary N) is 1. The quantitative estimate of drug-likeness (QED) is 0.578. The van der Waals surface area contributed by atoms with Gasteiger partial charge in [-0.3, -0.25) is 11.3 Å². The second-order valence-corrected chi connectivity index (χ2v) is 4.56. The van der Waals surface area contributed by atoms with Gasteiger partial charge in [0.15, 0.2) is 0 Å². The lowest BCUT2D eigenvalue weighted by Crippen LogP contribution is -2.32. The van der Waals surface area contributed by atoms with Crippen LogP contribution in [0.15, 0.2) is 18.2 Å². The monoisotopic (exact) mass is 252 g/mol. The lowest BCUT2D eigenvalue weighted by atomic mass is 9.91. The molecule has 0 saturated carbocycles. The summed E-state index contributed by atoms with van der Waals surface area (Å²) >= 11 is 0. The van der Waals surface area contributed by atoms with Gasteiger partial charge < -0.3 is 9.47 Å². The van der Waals surface area contributed by atoms with E-state index in [2.05, 4.69) is 19.3 Å². The van der Waals surface area contributed by atoms with Gasteiger partial charge in [-0.25, -0.2) is 0 Å². The van der Waals surface area contributed by atoms with E-state index in [1.807, 2.05) is 18.2 Å². The summed E-state index contributed by atoms with van der Waals surface area (Å²) in [5.74, 6) is 7.71. The van der Waals surface area contributed by atoms with Crippen LogP contribution in [-0.4, -0.2) is 14.2 Å². The Balaban J connectivity index is 3.03. The van der Waals surface area contributed by atoms with E-state index in [1.54, 1.807) is 14.2 Å². The van der Waals surface area contributed by atoms with Crippen molar-refractivity contribution in [2.75, 3.05) is 14.2 Å². The predicted molar refractivity (Wildman–Crippen MR) is 73.7 cm³/mol. The smallest absolute Gasteiger partial charge is 0.122 e. The summed E-state index contributed by atoms with van der Waals surface area (Å²) in [5, 5.41) is 0. The Kier molecular flexibility index (Phi) is 5.95. The molecule has 4 nitrogen and oxygen atoms in total. The molecule has 0 heterocycles. The van der Waals surface area contributed by atoms with E-state index in [9.17, 15) is 0 Å². The molecule has 0 aliphatic heterocycles. The van der Waals surface area contributed by atoms with Gasteiger partial charge in [-0.05, 0) is 30.0 Å². The summed E-state index contributed by atoms with van der Waals surface area (Å²) in [7, 11) is 3.30. The average molecular weight is 252 g/mol. The van der Waals surface area contributed by atoms with Crippen molar-refractivity contribution in [2.24, 2.45) is 11.8 Å². The Morgan fingerprint density at radius 2 is 1.72 bits per heavy atom. The van der Waals surface area contributed by atoms with Gasteiger partial charge in [-0.2, -0.15) is 0 Å². The summed E-state index contributed by atoms with van der Waals surface area (Å²) in [6.07, 6.45) is 2.26. The molecule has 4 heteroatoms. The first kappa shape index (κ1) is 14.8. The van der Waals surface area contributed by atoms with E-state index in [4.69, 9.17) is 15.3 Å². The van der Waals surface area contributed by atoms with Gasteiger partial charge in [0.2, 0.25) is 0 Å². The van der Waals surface area contributed by atoms with Crippen molar-refractivity contribution in [1.82, 2.24) is 5.43 Å². The van der Waals surface area contributed by atoms with Crippen molar-refractivity contribution in [3.05, 3.63) is 23.8 Å². The van der Waals surface area contributed by atoms with Gasteiger partial charge in [0, 0.05) is 12.1 Å². The van der Waals surface area contributed by atoms with E-state index in [1.165, 1.54) is 0 Å². The number of rotatable bonds is 7. The van der Waals surface area contributed by atoms with Crippen LogP contribution in [0.3, 0.4) is 0 Å². The molecule has 0 aromatic heterocycles. The van der Waals surface area contributed by atoms with Crippen LogP contribution in [0.4, 0.5) is 0 Å². The van der Waals surface area contributed by atoms with Crippen LogP contribution in [-0.2, 0) is 0 Å². The van der Waals surface area contributed by atoms with Crippen LogP contribution in [0.25, 0.3) is 0 Å². The first-order valence-electron chi connectivity index (χ1n) is 6.35. The number of hydrogen-bond acceptors (Lipinski definition) is 4. The van der Waals surface area contributed by atoms with Crippen LogP contribution < -0.4 is 20.7 Å². The van der Waals surface area contributed by atoms with Crippen molar-refractivity contribution in [1.29, 1.82) is 0 Å². The van der Waals surface area contributed by atoms with Gasteiger partial charge in [0.05, 0.1) is 14.2 Å². The molecule has 0 amide bonds. The van der Waals surface area contributed by atoms with Crippen molar-refractivity contribution < 1.29 is 9.47 Å². The van der Waals surface area contributed by atoms with E-state index >= 15 is 0 Å². The minimum absolute atomic E-state index is 0.106. The molecule has 1 aromatic carbocycles. The molecule has 1 rings (SSSR count). The van der Waals surface area contributed by atoms with Crippen LogP contribution in [0.1, 0.15) is 38.3 Å². The molecule has 102 valence electrons. The fourth-order valence-corrected chi connectivity index (χ4v) is 2.22. The Labute approximate surface area is 109 Å². The third-order valence-corrected chi connectivity index (χ3v) is 3.23. The molecule has 0 aliphatic carbocycles. The maximum absolute atomic E-state index is 5.69. The number of hydrogen-bond donors (Lipinski definition) is 2. The topological polar surface area (TPSA) is 56.5 Å². The molecule has 1 aromatic rings. The minimum atomic E-state index is 0.106. The van der Waals surface area contributed by atoms with Gasteiger partial charge in [-0.15, -0.1) is 0 Å². The van der Waals surface area contributed by atoms with Crippen LogP contribution >= 0.6 is 0 Å². The number of benzene rings is 1. The number of ether oxygens (including phenoxy) is 2. The molecule has 2 unspecified atom stereocenters. The highest BCUT2D eigenvalue weighted by Crippen LogP contribution is 2.31. The Morgan fingerprint density at radius 1 is 1.17 bits per heavy atom. The molecule has 2 atom stereocenters. The third-order valence-electron chi connectivity index (χ3n) is 3.23. The molecule has 3 N–H and O–H groups in total. The minimum Gasteiger partial charge on any atom is -0.497 e. The lowest BCUT2D eigenvalue weighted by molar-refractivity contribution is 0.359. The van der Waals surface area contributed by atoms with Crippen molar-refractivity contribution in [2.45, 2.75) is 32.7 Å². The molecule has 0 bridgehead atoms. The van der Waals surface area contributed by atoms with Gasteiger partial charge in [0.1, 0.15) is 11.5 Å². The summed E-state index contributed by atoms with van der Waals surface area (Å²) in [6.45, 7) is 4.37. The molecular weight excluding hydrogens is 228 g/mol. The van der Waals surface area contributed by atoms with E-state index in [-0.39, 0.29) is 6.04 Å².